The van der Waals surface area contributed by atoms with E-state index in [-0.39, 0.29) is 38.6 Å². The van der Waals surface area contributed by atoms with Crippen LogP contribution in [0.1, 0.15) is 32.1 Å². The van der Waals surface area contributed by atoms with E-state index in [1.807, 2.05) is 0 Å². The quantitative estimate of drug-likeness (QED) is 0.839. The van der Waals surface area contributed by atoms with Crippen molar-refractivity contribution in [1.29, 1.82) is 0 Å². The smallest absolute Gasteiger partial charge is 0.343 e. The van der Waals surface area contributed by atoms with Gasteiger partial charge in [0.15, 0.2) is 0 Å². The molecule has 108 valence electrons. The van der Waals surface area contributed by atoms with Crippen LogP contribution in [0, 0.1) is 5.92 Å². The van der Waals surface area contributed by atoms with Crippen molar-refractivity contribution in [2.24, 2.45) is 5.92 Å². The standard InChI is InChI=1S/C12H16F3NO3/c13-11(10(18)19)5-6-16(7-11)9(17)8-1-3-12(14,15)4-2-8/h8H,1-7H2,(H,18,19). The van der Waals surface area contributed by atoms with Gasteiger partial charge in [0.25, 0.3) is 0 Å². The minimum Gasteiger partial charge on any atom is -0.479 e. The third-order valence-electron chi connectivity index (χ3n) is 3.98. The Balaban J connectivity index is 1.94. The number of hydrogen-bond acceptors (Lipinski definition) is 2. The van der Waals surface area contributed by atoms with E-state index in [0.29, 0.717) is 0 Å². The van der Waals surface area contributed by atoms with Crippen LogP contribution in [-0.2, 0) is 9.59 Å². The lowest BCUT2D eigenvalue weighted by Crippen LogP contribution is -2.42. The first-order valence-electron chi connectivity index (χ1n) is 6.32. The molecule has 1 heterocycles. The molecule has 0 radical (unpaired) electrons. The van der Waals surface area contributed by atoms with Gasteiger partial charge < -0.3 is 10.0 Å². The summed E-state index contributed by atoms with van der Waals surface area (Å²) in [6, 6.07) is 0. The first kappa shape index (κ1) is 14.1. The van der Waals surface area contributed by atoms with Gasteiger partial charge in [0.05, 0.1) is 6.54 Å². The monoisotopic (exact) mass is 279 g/mol. The fourth-order valence-electron chi connectivity index (χ4n) is 2.68. The Labute approximate surface area is 108 Å². The SMILES string of the molecule is O=C(C1CCC(F)(F)CC1)N1CCC(F)(C(=O)O)C1. The van der Waals surface area contributed by atoms with Crippen molar-refractivity contribution < 1.29 is 27.9 Å². The van der Waals surface area contributed by atoms with E-state index < -0.39 is 35.9 Å². The summed E-state index contributed by atoms with van der Waals surface area (Å²) >= 11 is 0. The summed E-state index contributed by atoms with van der Waals surface area (Å²) in [5.74, 6) is -5.21. The minimum absolute atomic E-state index is 0.0362. The van der Waals surface area contributed by atoms with Gasteiger partial charge in [-0.05, 0) is 12.8 Å². The van der Waals surface area contributed by atoms with Crippen molar-refractivity contribution in [1.82, 2.24) is 4.90 Å². The van der Waals surface area contributed by atoms with Gasteiger partial charge in [-0.3, -0.25) is 4.79 Å². The van der Waals surface area contributed by atoms with Crippen LogP contribution in [0.2, 0.25) is 0 Å². The predicted molar refractivity (Wildman–Crippen MR) is 59.6 cm³/mol. The van der Waals surface area contributed by atoms with Crippen LogP contribution in [0.15, 0.2) is 0 Å². The highest BCUT2D eigenvalue weighted by Gasteiger charge is 2.48. The molecule has 19 heavy (non-hydrogen) atoms. The number of alkyl halides is 3. The van der Waals surface area contributed by atoms with E-state index in [2.05, 4.69) is 0 Å². The largest absolute Gasteiger partial charge is 0.479 e. The van der Waals surface area contributed by atoms with Crippen LogP contribution in [0.5, 0.6) is 0 Å². The molecule has 1 aliphatic heterocycles. The molecular weight excluding hydrogens is 263 g/mol. The number of carboxylic acid groups (broad SMARTS) is 1. The Bertz CT molecular complexity index is 392. The molecular formula is C12H16F3NO3. The van der Waals surface area contributed by atoms with Gasteiger partial charge in [-0.25, -0.2) is 18.0 Å². The summed E-state index contributed by atoms with van der Waals surface area (Å²) in [6.45, 7) is -0.442. The van der Waals surface area contributed by atoms with Crippen molar-refractivity contribution in [2.75, 3.05) is 13.1 Å². The van der Waals surface area contributed by atoms with Gasteiger partial charge >= 0.3 is 5.97 Å². The second-order valence-corrected chi connectivity index (χ2v) is 5.41. The Kier molecular flexibility index (Phi) is 3.49. The van der Waals surface area contributed by atoms with Gasteiger partial charge in [-0.1, -0.05) is 0 Å². The zero-order chi connectivity index (χ0) is 14.3. The predicted octanol–water partition coefficient (Wildman–Crippen LogP) is 1.84. The van der Waals surface area contributed by atoms with Crippen molar-refractivity contribution >= 4 is 11.9 Å². The number of nitrogens with zero attached hydrogens (tertiary/aromatic N) is 1. The lowest BCUT2D eigenvalue weighted by atomic mass is 9.86. The van der Waals surface area contributed by atoms with Crippen LogP contribution in [0.4, 0.5) is 13.2 Å². The zero-order valence-electron chi connectivity index (χ0n) is 10.4. The zero-order valence-corrected chi connectivity index (χ0v) is 10.4. The molecule has 2 aliphatic rings. The Hall–Kier alpha value is -1.27. The van der Waals surface area contributed by atoms with Crippen LogP contribution >= 0.6 is 0 Å². The maximum atomic E-state index is 13.8. The van der Waals surface area contributed by atoms with Crippen molar-refractivity contribution in [3.05, 3.63) is 0 Å². The number of carboxylic acids is 1. The van der Waals surface area contributed by atoms with E-state index in [0.717, 1.165) is 4.90 Å². The van der Waals surface area contributed by atoms with Gasteiger partial charge in [0, 0.05) is 31.7 Å². The maximum Gasteiger partial charge on any atom is 0.343 e. The van der Waals surface area contributed by atoms with Gasteiger partial charge in [0.1, 0.15) is 0 Å². The van der Waals surface area contributed by atoms with E-state index in [4.69, 9.17) is 5.11 Å². The summed E-state index contributed by atoms with van der Waals surface area (Å²) in [7, 11) is 0. The lowest BCUT2D eigenvalue weighted by molar-refractivity contribution is -0.150. The van der Waals surface area contributed by atoms with Crippen molar-refractivity contribution in [3.63, 3.8) is 0 Å². The number of aliphatic carboxylic acids is 1. The summed E-state index contributed by atoms with van der Waals surface area (Å²) in [6.07, 6.45) is -0.756. The van der Waals surface area contributed by atoms with E-state index in [9.17, 15) is 22.8 Å². The molecule has 0 bridgehead atoms. The number of likely N-dealkylation sites (tertiary alicyclic amines) is 1. The minimum atomic E-state index is -2.72. The second kappa shape index (κ2) is 4.68. The molecule has 0 spiro atoms. The normalized spacial score (nSPS) is 31.4. The first-order chi connectivity index (χ1) is 8.73. The van der Waals surface area contributed by atoms with Crippen molar-refractivity contribution in [3.8, 4) is 0 Å². The second-order valence-electron chi connectivity index (χ2n) is 5.41. The number of rotatable bonds is 2. The summed E-state index contributed by atoms with van der Waals surface area (Å²) < 4.78 is 39.8. The van der Waals surface area contributed by atoms with Crippen LogP contribution < -0.4 is 0 Å². The van der Waals surface area contributed by atoms with Crippen LogP contribution in [0.25, 0.3) is 0 Å². The fraction of sp³-hybridized carbons (Fsp3) is 0.833. The molecule has 1 saturated heterocycles. The highest BCUT2D eigenvalue weighted by atomic mass is 19.3. The molecule has 1 atom stereocenters. The molecule has 1 unspecified atom stereocenters. The van der Waals surface area contributed by atoms with Gasteiger partial charge in [-0.2, -0.15) is 0 Å². The van der Waals surface area contributed by atoms with Crippen molar-refractivity contribution in [2.45, 2.75) is 43.7 Å². The molecule has 7 heteroatoms. The summed E-state index contributed by atoms with van der Waals surface area (Å²) in [5, 5.41) is 8.74. The van der Waals surface area contributed by atoms with Crippen LogP contribution in [-0.4, -0.2) is 46.6 Å². The average molecular weight is 279 g/mol. The maximum absolute atomic E-state index is 13.8. The van der Waals surface area contributed by atoms with E-state index in [1.165, 1.54) is 0 Å². The van der Waals surface area contributed by atoms with E-state index in [1.54, 1.807) is 0 Å². The molecule has 2 rings (SSSR count). The van der Waals surface area contributed by atoms with Crippen LogP contribution in [0.3, 0.4) is 0 Å². The Morgan fingerprint density at radius 2 is 1.68 bits per heavy atom. The molecule has 4 nitrogen and oxygen atoms in total. The molecule has 1 aliphatic carbocycles. The van der Waals surface area contributed by atoms with Gasteiger partial charge in [-0.15, -0.1) is 0 Å². The lowest BCUT2D eigenvalue weighted by Gasteiger charge is -2.30. The highest BCUT2D eigenvalue weighted by molar-refractivity contribution is 5.83. The van der Waals surface area contributed by atoms with Gasteiger partial charge in [0.2, 0.25) is 17.5 Å². The number of hydrogen-bond donors (Lipinski definition) is 1. The molecule has 1 amide bonds. The topological polar surface area (TPSA) is 57.6 Å². The number of halogens is 3. The molecule has 1 N–H and O–H groups in total. The molecule has 0 aromatic heterocycles. The van der Waals surface area contributed by atoms with E-state index >= 15 is 0 Å². The Morgan fingerprint density at radius 1 is 1.11 bits per heavy atom. The number of carbonyl (C=O) groups is 2. The first-order valence-corrected chi connectivity index (χ1v) is 6.32. The number of amides is 1. The highest BCUT2D eigenvalue weighted by Crippen LogP contribution is 2.38. The Morgan fingerprint density at radius 3 is 2.16 bits per heavy atom. The molecule has 0 aromatic rings. The summed E-state index contributed by atoms with van der Waals surface area (Å²) in [4.78, 5) is 23.9. The third-order valence-corrected chi connectivity index (χ3v) is 3.98. The third kappa shape index (κ3) is 2.84. The number of carbonyl (C=O) groups excluding carboxylic acids is 1. The molecule has 1 saturated carbocycles. The fourth-order valence-corrected chi connectivity index (χ4v) is 2.68. The summed E-state index contributed by atoms with van der Waals surface area (Å²) in [5.41, 5.74) is -2.39. The molecule has 0 aromatic carbocycles. The average Bonchev–Trinajstić information content (AvgIpc) is 2.72. The molecule has 2 fully saturated rings.